The van der Waals surface area contributed by atoms with Crippen LogP contribution >= 0.6 is 24.0 Å². The van der Waals surface area contributed by atoms with Crippen LogP contribution in [0, 0.1) is 0 Å². The molecule has 13 heavy (non-hydrogen) atoms. The van der Waals surface area contributed by atoms with E-state index < -0.39 is 0 Å². The first-order valence-corrected chi connectivity index (χ1v) is 4.89. The summed E-state index contributed by atoms with van der Waals surface area (Å²) < 4.78 is 2.20. The molecule has 2 rings (SSSR count). The smallest absolute Gasteiger partial charge is 0.148 e. The molecule has 0 spiro atoms. The molecule has 1 fully saturated rings. The van der Waals surface area contributed by atoms with Gasteiger partial charge in [-0.2, -0.15) is 0 Å². The molecule has 1 saturated carbocycles. The maximum Gasteiger partial charge on any atom is 0.148 e. The molecule has 1 aliphatic rings. The summed E-state index contributed by atoms with van der Waals surface area (Å²) in [6.45, 7) is 2.10. The number of aryl methyl sites for hydroxylation is 1. The average molecular weight is 222 g/mol. The predicted octanol–water partition coefficient (Wildman–Crippen LogP) is 2.34. The molecule has 0 amide bonds. The van der Waals surface area contributed by atoms with Crippen molar-refractivity contribution in [2.75, 3.05) is 0 Å². The van der Waals surface area contributed by atoms with Crippen LogP contribution in [0.4, 0.5) is 0 Å². The number of alkyl halides is 1. The van der Waals surface area contributed by atoms with E-state index in [2.05, 4.69) is 21.7 Å². The molecule has 0 aliphatic heterocycles. The van der Waals surface area contributed by atoms with E-state index in [1.807, 2.05) is 0 Å². The number of nitrogens with zero attached hydrogens (tertiary/aromatic N) is 3. The van der Waals surface area contributed by atoms with E-state index in [0.29, 0.717) is 11.9 Å². The number of hydrogen-bond acceptors (Lipinski definition) is 2. The Bertz CT molecular complexity index is 259. The van der Waals surface area contributed by atoms with Gasteiger partial charge in [0.15, 0.2) is 0 Å². The standard InChI is InChI=1S/C8H12ClN3.ClH/c1-2-7-10-11-8(5-9)12(7)6-3-4-6;/h6H,2-5H2,1H3;1H. The van der Waals surface area contributed by atoms with Crippen molar-refractivity contribution >= 4 is 24.0 Å². The lowest BCUT2D eigenvalue weighted by Crippen LogP contribution is -2.03. The molecule has 5 heteroatoms. The van der Waals surface area contributed by atoms with Gasteiger partial charge in [-0.05, 0) is 12.8 Å². The fourth-order valence-electron chi connectivity index (χ4n) is 1.45. The average Bonchev–Trinajstić information content (AvgIpc) is 2.85. The number of halogens is 2. The summed E-state index contributed by atoms with van der Waals surface area (Å²) in [6, 6.07) is 0.642. The molecule has 0 saturated heterocycles. The largest absolute Gasteiger partial charge is 0.311 e. The van der Waals surface area contributed by atoms with Gasteiger partial charge in [0, 0.05) is 12.5 Å². The van der Waals surface area contributed by atoms with Crippen LogP contribution in [-0.4, -0.2) is 14.8 Å². The summed E-state index contributed by atoms with van der Waals surface area (Å²) in [5.74, 6) is 2.48. The molecule has 0 atom stereocenters. The third kappa shape index (κ3) is 1.97. The molecule has 0 aromatic carbocycles. The zero-order valence-corrected chi connectivity index (χ0v) is 9.11. The molecule has 1 aliphatic carbocycles. The van der Waals surface area contributed by atoms with E-state index in [4.69, 9.17) is 11.6 Å². The maximum atomic E-state index is 5.75. The molecule has 74 valence electrons. The second-order valence-electron chi connectivity index (χ2n) is 3.12. The van der Waals surface area contributed by atoms with Gasteiger partial charge < -0.3 is 4.57 Å². The number of hydrogen-bond donors (Lipinski definition) is 0. The molecule has 1 aromatic rings. The van der Waals surface area contributed by atoms with Gasteiger partial charge >= 0.3 is 0 Å². The van der Waals surface area contributed by atoms with Gasteiger partial charge in [-0.25, -0.2) is 0 Å². The van der Waals surface area contributed by atoms with E-state index in [0.717, 1.165) is 18.1 Å². The van der Waals surface area contributed by atoms with Gasteiger partial charge in [0.2, 0.25) is 0 Å². The highest BCUT2D eigenvalue weighted by molar-refractivity contribution is 6.16. The summed E-state index contributed by atoms with van der Waals surface area (Å²) >= 11 is 5.75. The van der Waals surface area contributed by atoms with E-state index in [9.17, 15) is 0 Å². The fourth-order valence-corrected chi connectivity index (χ4v) is 1.63. The summed E-state index contributed by atoms with van der Waals surface area (Å²) in [5, 5.41) is 8.14. The molecule has 0 N–H and O–H groups in total. The van der Waals surface area contributed by atoms with Crippen molar-refractivity contribution in [3.05, 3.63) is 11.6 Å². The lowest BCUT2D eigenvalue weighted by molar-refractivity contribution is 0.664. The van der Waals surface area contributed by atoms with E-state index in [1.54, 1.807) is 0 Å². The predicted molar refractivity (Wildman–Crippen MR) is 54.5 cm³/mol. The van der Waals surface area contributed by atoms with Crippen LogP contribution in [0.2, 0.25) is 0 Å². The van der Waals surface area contributed by atoms with Gasteiger partial charge in [0.05, 0.1) is 5.88 Å². The Hall–Kier alpha value is -0.280. The number of aromatic nitrogens is 3. The van der Waals surface area contributed by atoms with E-state index in [1.165, 1.54) is 12.8 Å². The Morgan fingerprint density at radius 1 is 1.38 bits per heavy atom. The van der Waals surface area contributed by atoms with Crippen LogP contribution in [0.1, 0.15) is 37.5 Å². The van der Waals surface area contributed by atoms with Gasteiger partial charge in [-0.1, -0.05) is 6.92 Å². The third-order valence-corrected chi connectivity index (χ3v) is 2.42. The van der Waals surface area contributed by atoms with E-state index in [-0.39, 0.29) is 12.4 Å². The molecule has 0 bridgehead atoms. The molecular weight excluding hydrogens is 209 g/mol. The van der Waals surface area contributed by atoms with Crippen LogP contribution in [0.3, 0.4) is 0 Å². The van der Waals surface area contributed by atoms with Crippen molar-refractivity contribution in [3.8, 4) is 0 Å². The molecule has 0 radical (unpaired) electrons. The zero-order valence-electron chi connectivity index (χ0n) is 7.53. The Kier molecular flexibility index (Phi) is 3.56. The maximum absolute atomic E-state index is 5.75. The summed E-state index contributed by atoms with van der Waals surface area (Å²) in [7, 11) is 0. The monoisotopic (exact) mass is 221 g/mol. The molecule has 0 unspecified atom stereocenters. The van der Waals surface area contributed by atoms with Gasteiger partial charge in [0.25, 0.3) is 0 Å². The summed E-state index contributed by atoms with van der Waals surface area (Å²) in [6.07, 6.45) is 3.46. The highest BCUT2D eigenvalue weighted by Gasteiger charge is 2.28. The Labute approximate surface area is 88.9 Å². The van der Waals surface area contributed by atoms with Gasteiger partial charge in [-0.3, -0.25) is 0 Å². The summed E-state index contributed by atoms with van der Waals surface area (Å²) in [5.41, 5.74) is 0. The van der Waals surface area contributed by atoms with Crippen molar-refractivity contribution < 1.29 is 0 Å². The van der Waals surface area contributed by atoms with E-state index >= 15 is 0 Å². The third-order valence-electron chi connectivity index (χ3n) is 2.18. The first-order chi connectivity index (χ1) is 5.86. The lowest BCUT2D eigenvalue weighted by atomic mass is 10.4. The number of rotatable bonds is 3. The Morgan fingerprint density at radius 3 is 2.46 bits per heavy atom. The SMILES string of the molecule is CCc1nnc(CCl)n1C1CC1.Cl. The zero-order chi connectivity index (χ0) is 8.55. The van der Waals surface area contributed by atoms with Crippen molar-refractivity contribution in [1.82, 2.24) is 14.8 Å². The Balaban J connectivity index is 0.000000845. The lowest BCUT2D eigenvalue weighted by Gasteiger charge is -2.04. The minimum absolute atomic E-state index is 0. The van der Waals surface area contributed by atoms with Crippen molar-refractivity contribution in [1.29, 1.82) is 0 Å². The van der Waals surface area contributed by atoms with Gasteiger partial charge in [-0.15, -0.1) is 34.2 Å². The Morgan fingerprint density at radius 2 is 2.00 bits per heavy atom. The van der Waals surface area contributed by atoms with Crippen molar-refractivity contribution in [2.45, 2.75) is 38.1 Å². The van der Waals surface area contributed by atoms with Crippen LogP contribution in [0.5, 0.6) is 0 Å². The second kappa shape index (κ2) is 4.29. The first-order valence-electron chi connectivity index (χ1n) is 4.35. The van der Waals surface area contributed by atoms with Crippen LogP contribution in [0.15, 0.2) is 0 Å². The van der Waals surface area contributed by atoms with Gasteiger partial charge in [0.1, 0.15) is 11.6 Å². The second-order valence-corrected chi connectivity index (χ2v) is 3.39. The summed E-state index contributed by atoms with van der Waals surface area (Å²) in [4.78, 5) is 0. The molecule has 3 nitrogen and oxygen atoms in total. The van der Waals surface area contributed by atoms with Crippen LogP contribution in [-0.2, 0) is 12.3 Å². The highest BCUT2D eigenvalue weighted by atomic mass is 35.5. The van der Waals surface area contributed by atoms with Crippen LogP contribution in [0.25, 0.3) is 0 Å². The quantitative estimate of drug-likeness (QED) is 0.735. The molecule has 1 aromatic heterocycles. The van der Waals surface area contributed by atoms with Crippen molar-refractivity contribution in [3.63, 3.8) is 0 Å². The minimum atomic E-state index is 0. The molecule has 1 heterocycles. The normalized spacial score (nSPS) is 15.5. The fraction of sp³-hybridized carbons (Fsp3) is 0.750. The van der Waals surface area contributed by atoms with Crippen LogP contribution < -0.4 is 0 Å². The molecular formula is C8H13Cl2N3. The van der Waals surface area contributed by atoms with Crippen molar-refractivity contribution in [2.24, 2.45) is 0 Å². The topological polar surface area (TPSA) is 30.7 Å². The first kappa shape index (κ1) is 10.8. The minimum Gasteiger partial charge on any atom is -0.311 e. The highest BCUT2D eigenvalue weighted by Crippen LogP contribution is 2.36.